The first-order valence-corrected chi connectivity index (χ1v) is 7.86. The zero-order valence-corrected chi connectivity index (χ0v) is 11.7. The lowest BCUT2D eigenvalue weighted by atomic mass is 10.2. The van der Waals surface area contributed by atoms with E-state index >= 15 is 0 Å². The summed E-state index contributed by atoms with van der Waals surface area (Å²) in [6, 6.07) is 6.93. The number of nitrogens with zero attached hydrogens (tertiary/aromatic N) is 2. The van der Waals surface area contributed by atoms with Crippen molar-refractivity contribution in [2.45, 2.75) is 0 Å². The van der Waals surface area contributed by atoms with Crippen LogP contribution in [0.3, 0.4) is 0 Å². The maximum atomic E-state index is 12.7. The van der Waals surface area contributed by atoms with Crippen LogP contribution in [0.2, 0.25) is 0 Å². The lowest BCUT2D eigenvalue weighted by Gasteiger charge is -2.35. The Hall–Kier alpha value is -1.64. The van der Waals surface area contributed by atoms with Gasteiger partial charge in [0.25, 0.3) is 0 Å². The van der Waals surface area contributed by atoms with E-state index in [1.165, 1.54) is 8.61 Å². The Balaban J connectivity index is 1.98. The lowest BCUT2D eigenvalue weighted by molar-refractivity contribution is -0.115. The molecular weight excluding hydrogens is 280 g/mol. The number of hydrogen-bond acceptors (Lipinski definition) is 4. The normalized spacial score (nSPS) is 20.4. The first-order valence-electron chi connectivity index (χ1n) is 6.46. The Morgan fingerprint density at radius 3 is 2.55 bits per heavy atom. The van der Waals surface area contributed by atoms with Crippen LogP contribution in [0.5, 0.6) is 0 Å². The van der Waals surface area contributed by atoms with Crippen molar-refractivity contribution in [3.05, 3.63) is 24.3 Å². The summed E-state index contributed by atoms with van der Waals surface area (Å²) in [6.45, 7) is 1.91. The smallest absolute Gasteiger partial charge is 0.304 e. The average Bonchev–Trinajstić information content (AvgIpc) is 2.47. The fraction of sp³-hybridized carbons (Fsp3) is 0.417. The highest BCUT2D eigenvalue weighted by Gasteiger charge is 2.35. The molecule has 0 saturated carbocycles. The molecule has 2 N–H and O–H groups in total. The molecule has 20 heavy (non-hydrogen) atoms. The fourth-order valence-corrected chi connectivity index (χ4v) is 4.03. The lowest BCUT2D eigenvalue weighted by Crippen LogP contribution is -2.54. The second kappa shape index (κ2) is 5.04. The maximum Gasteiger partial charge on any atom is 0.304 e. The van der Waals surface area contributed by atoms with E-state index in [9.17, 15) is 13.2 Å². The van der Waals surface area contributed by atoms with Crippen molar-refractivity contribution in [3.8, 4) is 0 Å². The van der Waals surface area contributed by atoms with E-state index in [0.29, 0.717) is 37.6 Å². The summed E-state index contributed by atoms with van der Waals surface area (Å²) in [4.78, 5) is 11.7. The molecule has 1 saturated heterocycles. The van der Waals surface area contributed by atoms with Gasteiger partial charge in [0, 0.05) is 26.2 Å². The van der Waals surface area contributed by atoms with Crippen molar-refractivity contribution in [3.63, 3.8) is 0 Å². The van der Waals surface area contributed by atoms with Gasteiger partial charge in [-0.15, -0.1) is 0 Å². The molecule has 1 aromatic carbocycles. The third kappa shape index (κ3) is 2.26. The van der Waals surface area contributed by atoms with Crippen LogP contribution < -0.4 is 14.9 Å². The number of para-hydroxylation sites is 2. The molecule has 0 aromatic heterocycles. The summed E-state index contributed by atoms with van der Waals surface area (Å²) in [7, 11) is -3.67. The van der Waals surface area contributed by atoms with Crippen LogP contribution in [-0.2, 0) is 15.0 Å². The maximum absolute atomic E-state index is 12.7. The molecule has 2 aliphatic rings. The van der Waals surface area contributed by atoms with Crippen LogP contribution >= 0.6 is 0 Å². The number of fused-ring (bicyclic) bond motifs is 1. The molecule has 7 nitrogen and oxygen atoms in total. The van der Waals surface area contributed by atoms with Crippen molar-refractivity contribution in [1.82, 2.24) is 9.62 Å². The van der Waals surface area contributed by atoms with Gasteiger partial charge >= 0.3 is 10.2 Å². The number of amides is 1. The van der Waals surface area contributed by atoms with Crippen LogP contribution in [0.1, 0.15) is 0 Å². The minimum atomic E-state index is -3.67. The summed E-state index contributed by atoms with van der Waals surface area (Å²) < 4.78 is 28.0. The van der Waals surface area contributed by atoms with Crippen molar-refractivity contribution in [1.29, 1.82) is 0 Å². The standard InChI is InChI=1S/C12H16N4O3S/c17-12-9-16(11-4-2-1-3-10(11)14-12)20(18,19)15-7-5-13-6-8-15/h1-4,13H,5-9H2,(H,14,17). The van der Waals surface area contributed by atoms with Gasteiger partial charge in [-0.1, -0.05) is 12.1 Å². The number of rotatable bonds is 2. The SMILES string of the molecule is O=C1CN(S(=O)(=O)N2CCNCC2)c2ccccc2N1. The highest BCUT2D eigenvalue weighted by Crippen LogP contribution is 2.31. The Morgan fingerprint density at radius 2 is 1.80 bits per heavy atom. The summed E-state index contributed by atoms with van der Waals surface area (Å²) in [6.07, 6.45) is 0. The van der Waals surface area contributed by atoms with Crippen molar-refractivity contribution < 1.29 is 13.2 Å². The molecule has 2 aliphatic heterocycles. The summed E-state index contributed by atoms with van der Waals surface area (Å²) >= 11 is 0. The number of nitrogens with one attached hydrogen (secondary N) is 2. The molecule has 1 amide bonds. The first-order chi connectivity index (χ1) is 9.59. The van der Waals surface area contributed by atoms with Crippen molar-refractivity contribution in [2.75, 3.05) is 42.3 Å². The predicted octanol–water partition coefficient (Wildman–Crippen LogP) is -0.405. The second-order valence-electron chi connectivity index (χ2n) is 4.73. The summed E-state index contributed by atoms with van der Waals surface area (Å²) in [5.74, 6) is -0.317. The molecule has 0 spiro atoms. The minimum Gasteiger partial charge on any atom is -0.323 e. The first kappa shape index (κ1) is 13.3. The largest absolute Gasteiger partial charge is 0.323 e. The molecular formula is C12H16N4O3S. The van der Waals surface area contributed by atoms with E-state index in [1.54, 1.807) is 24.3 Å². The highest BCUT2D eigenvalue weighted by atomic mass is 32.2. The van der Waals surface area contributed by atoms with Crippen LogP contribution in [0.15, 0.2) is 24.3 Å². The topological polar surface area (TPSA) is 81.8 Å². The van der Waals surface area contributed by atoms with E-state index in [4.69, 9.17) is 0 Å². The number of carbonyl (C=O) groups excluding carboxylic acids is 1. The van der Waals surface area contributed by atoms with Gasteiger partial charge < -0.3 is 10.6 Å². The summed E-state index contributed by atoms with van der Waals surface area (Å²) in [5.41, 5.74) is 1.05. The zero-order valence-electron chi connectivity index (χ0n) is 10.9. The van der Waals surface area contributed by atoms with Gasteiger partial charge in [0.2, 0.25) is 5.91 Å². The van der Waals surface area contributed by atoms with Crippen molar-refractivity contribution in [2.24, 2.45) is 0 Å². The quantitative estimate of drug-likeness (QED) is 0.778. The monoisotopic (exact) mass is 296 g/mol. The third-order valence-electron chi connectivity index (χ3n) is 3.41. The molecule has 0 bridgehead atoms. The number of hydrogen-bond donors (Lipinski definition) is 2. The number of piperazine rings is 1. The molecule has 1 fully saturated rings. The number of benzene rings is 1. The van der Waals surface area contributed by atoms with E-state index in [1.807, 2.05) is 0 Å². The van der Waals surface area contributed by atoms with Crippen molar-refractivity contribution >= 4 is 27.5 Å². The Labute approximate surface area is 117 Å². The minimum absolute atomic E-state index is 0.177. The Bertz CT molecular complexity index is 625. The van der Waals surface area contributed by atoms with Gasteiger partial charge in [0.1, 0.15) is 6.54 Å². The fourth-order valence-electron chi connectivity index (χ4n) is 2.42. The average molecular weight is 296 g/mol. The Morgan fingerprint density at radius 1 is 1.10 bits per heavy atom. The molecule has 0 atom stereocenters. The molecule has 0 unspecified atom stereocenters. The van der Waals surface area contributed by atoms with E-state index in [0.717, 1.165) is 0 Å². The van der Waals surface area contributed by atoms with Gasteiger partial charge in [0.15, 0.2) is 0 Å². The van der Waals surface area contributed by atoms with Gasteiger partial charge in [-0.2, -0.15) is 12.7 Å². The van der Waals surface area contributed by atoms with E-state index in [-0.39, 0.29) is 12.5 Å². The van der Waals surface area contributed by atoms with Crippen LogP contribution in [0.4, 0.5) is 11.4 Å². The highest BCUT2D eigenvalue weighted by molar-refractivity contribution is 7.90. The van der Waals surface area contributed by atoms with Gasteiger partial charge in [-0.05, 0) is 12.1 Å². The molecule has 1 aromatic rings. The zero-order chi connectivity index (χ0) is 14.2. The molecule has 2 heterocycles. The van der Waals surface area contributed by atoms with Crippen LogP contribution in [0, 0.1) is 0 Å². The molecule has 8 heteroatoms. The van der Waals surface area contributed by atoms with Gasteiger partial charge in [0.05, 0.1) is 11.4 Å². The molecule has 0 radical (unpaired) electrons. The number of carbonyl (C=O) groups is 1. The molecule has 0 aliphatic carbocycles. The van der Waals surface area contributed by atoms with Gasteiger partial charge in [-0.25, -0.2) is 4.31 Å². The molecule has 3 rings (SSSR count). The Kier molecular flexibility index (Phi) is 3.36. The van der Waals surface area contributed by atoms with Crippen LogP contribution in [0.25, 0.3) is 0 Å². The van der Waals surface area contributed by atoms with Gasteiger partial charge in [-0.3, -0.25) is 4.79 Å². The second-order valence-corrected chi connectivity index (χ2v) is 6.58. The van der Waals surface area contributed by atoms with Crippen LogP contribution in [-0.4, -0.2) is 51.4 Å². The summed E-state index contributed by atoms with van der Waals surface area (Å²) in [5, 5.41) is 5.80. The third-order valence-corrected chi connectivity index (χ3v) is 5.32. The van der Waals surface area contributed by atoms with E-state index in [2.05, 4.69) is 10.6 Å². The van der Waals surface area contributed by atoms with E-state index < -0.39 is 10.2 Å². The molecule has 108 valence electrons. The predicted molar refractivity (Wildman–Crippen MR) is 75.8 cm³/mol. The number of anilines is 2.